The van der Waals surface area contributed by atoms with Crippen molar-refractivity contribution in [2.45, 2.75) is 69.7 Å². The molecular formula is C30H32N6O12S. The molecule has 6 N–H and O–H groups in total. The third-order valence-corrected chi connectivity index (χ3v) is 9.41. The summed E-state index contributed by atoms with van der Waals surface area (Å²) < 4.78 is 0. The quantitative estimate of drug-likeness (QED) is 0.0658. The SMILES string of the molecule is CC1(C)CCC(O/N=C(\C(=O)N[C@H]2CON(C(C=O)C[C@@H](C=O)N3C(=O)c4cc(O)c(O)cc4C3=O)C2=O)c2csc(N)n2)(C(=O)O)CC1. The van der Waals surface area contributed by atoms with Gasteiger partial charge >= 0.3 is 5.97 Å². The van der Waals surface area contributed by atoms with Crippen LogP contribution in [-0.4, -0.2) is 108 Å². The van der Waals surface area contributed by atoms with Crippen molar-refractivity contribution in [1.29, 1.82) is 0 Å². The van der Waals surface area contributed by atoms with Gasteiger partial charge in [-0.25, -0.2) is 14.8 Å². The normalized spacial score (nSPS) is 21.2. The maximum atomic E-state index is 13.5. The minimum Gasteiger partial charge on any atom is -0.504 e. The number of aromatic nitrogens is 1. The van der Waals surface area contributed by atoms with Crippen LogP contribution in [0, 0.1) is 5.41 Å². The number of aldehydes is 2. The Kier molecular flexibility index (Phi) is 9.42. The molecule has 0 radical (unpaired) electrons. The number of benzene rings is 1. The first-order chi connectivity index (χ1) is 23.1. The smallest absolute Gasteiger partial charge is 0.350 e. The second kappa shape index (κ2) is 13.2. The number of nitrogens with zero attached hydrogens (tertiary/aromatic N) is 4. The fourth-order valence-corrected chi connectivity index (χ4v) is 6.25. The molecule has 4 amide bonds. The third-order valence-electron chi connectivity index (χ3n) is 8.74. The van der Waals surface area contributed by atoms with Gasteiger partial charge in [-0.3, -0.25) is 28.9 Å². The van der Waals surface area contributed by atoms with E-state index in [1.54, 1.807) is 0 Å². The molecule has 0 spiro atoms. The number of nitrogen functional groups attached to an aromatic ring is 1. The molecule has 1 unspecified atom stereocenters. The number of amides is 4. The van der Waals surface area contributed by atoms with Crippen molar-refractivity contribution < 1.29 is 58.6 Å². The van der Waals surface area contributed by atoms with Gasteiger partial charge in [0.1, 0.15) is 37.0 Å². The highest BCUT2D eigenvalue weighted by Gasteiger charge is 2.48. The number of nitrogens with two attached hydrogens (primary N) is 1. The van der Waals surface area contributed by atoms with E-state index in [1.165, 1.54) is 5.38 Å². The number of carbonyl (C=O) groups is 7. The molecule has 2 fully saturated rings. The molecule has 2 aromatic rings. The van der Waals surface area contributed by atoms with Crippen molar-refractivity contribution in [2.24, 2.45) is 10.6 Å². The Balaban J connectivity index is 1.30. The van der Waals surface area contributed by atoms with Crippen LogP contribution in [0.15, 0.2) is 22.7 Å². The lowest BCUT2D eigenvalue weighted by atomic mass is 9.71. The van der Waals surface area contributed by atoms with Gasteiger partial charge in [-0.2, -0.15) is 0 Å². The van der Waals surface area contributed by atoms with Gasteiger partial charge in [0.15, 0.2) is 22.3 Å². The molecule has 1 aromatic carbocycles. The summed E-state index contributed by atoms with van der Waals surface area (Å²) in [5, 5.41) is 37.9. The molecule has 260 valence electrons. The maximum Gasteiger partial charge on any atom is 0.350 e. The number of aromatic hydroxyl groups is 2. The number of hydrogen-bond acceptors (Lipinski definition) is 15. The summed E-state index contributed by atoms with van der Waals surface area (Å²) in [6.07, 6.45) is 1.17. The van der Waals surface area contributed by atoms with Crippen molar-refractivity contribution in [1.82, 2.24) is 20.3 Å². The van der Waals surface area contributed by atoms with Gasteiger partial charge < -0.3 is 40.8 Å². The maximum absolute atomic E-state index is 13.5. The number of anilines is 1. The first-order valence-electron chi connectivity index (χ1n) is 14.9. The van der Waals surface area contributed by atoms with Crippen molar-refractivity contribution in [3.05, 3.63) is 34.3 Å². The standard InChI is InChI=1S/C30H32N6O12S/c1-29(2)3-5-30(6-4-29,27(45)46)48-34-22(19-13-49-28(31)33-19)23(41)32-18-12-47-36(26(18)44)15(11-38)7-14(10-37)35-24(42)16-8-20(39)21(40)9-17(16)25(35)43/h8-11,13-15,18,39-40H,3-7,12H2,1-2H3,(H2,31,33)(H,32,41)(H,45,46)/b34-22-/t14-,15?,18-/m0/s1. The van der Waals surface area contributed by atoms with Gasteiger partial charge in [-0.05, 0) is 30.4 Å². The number of hydroxylamine groups is 2. The summed E-state index contributed by atoms with van der Waals surface area (Å²) in [6.45, 7) is 3.52. The number of thiazole rings is 1. The lowest BCUT2D eigenvalue weighted by molar-refractivity contribution is -0.176. The van der Waals surface area contributed by atoms with Gasteiger partial charge in [0.25, 0.3) is 23.6 Å². The Labute approximate surface area is 281 Å². The van der Waals surface area contributed by atoms with E-state index in [0.717, 1.165) is 23.5 Å². The van der Waals surface area contributed by atoms with E-state index in [4.69, 9.17) is 15.4 Å². The van der Waals surface area contributed by atoms with Crippen LogP contribution >= 0.6 is 11.3 Å². The molecule has 18 nitrogen and oxygen atoms in total. The number of phenols is 2. The van der Waals surface area contributed by atoms with Crippen molar-refractivity contribution >= 4 is 64.4 Å². The summed E-state index contributed by atoms with van der Waals surface area (Å²) in [5.41, 5.74) is 2.83. The van der Waals surface area contributed by atoms with Crippen molar-refractivity contribution in [2.75, 3.05) is 12.3 Å². The van der Waals surface area contributed by atoms with E-state index in [1.807, 2.05) is 13.8 Å². The Morgan fingerprint density at radius 3 is 2.20 bits per heavy atom. The molecule has 0 bridgehead atoms. The second-order valence-corrected chi connectivity index (χ2v) is 13.5. The molecule has 1 saturated heterocycles. The topological polar surface area (TPSA) is 268 Å². The Morgan fingerprint density at radius 2 is 1.69 bits per heavy atom. The lowest BCUT2D eigenvalue weighted by Crippen LogP contribution is -2.50. The molecule has 2 aliphatic heterocycles. The van der Waals surface area contributed by atoms with E-state index < -0.39 is 83.6 Å². The minimum absolute atomic E-state index is 0.0536. The second-order valence-electron chi connectivity index (χ2n) is 12.6. The number of hydrogen-bond donors (Lipinski definition) is 5. The number of aliphatic carboxylic acids is 1. The molecular weight excluding hydrogens is 668 g/mol. The van der Waals surface area contributed by atoms with Crippen LogP contribution in [0.3, 0.4) is 0 Å². The van der Waals surface area contributed by atoms with Crippen molar-refractivity contribution in [3.8, 4) is 11.5 Å². The predicted octanol–water partition coefficient (Wildman–Crippen LogP) is 0.361. The minimum atomic E-state index is -1.71. The number of nitrogens with one attached hydrogen (secondary N) is 1. The number of carboxylic acid groups (broad SMARTS) is 1. The summed E-state index contributed by atoms with van der Waals surface area (Å²) in [6, 6.07) is -2.76. The highest BCUT2D eigenvalue weighted by atomic mass is 32.1. The monoisotopic (exact) mass is 700 g/mol. The van der Waals surface area contributed by atoms with Gasteiger partial charge in [-0.1, -0.05) is 19.0 Å². The lowest BCUT2D eigenvalue weighted by Gasteiger charge is -2.38. The summed E-state index contributed by atoms with van der Waals surface area (Å²) in [7, 11) is 0. The summed E-state index contributed by atoms with van der Waals surface area (Å²) in [5.74, 6) is -6.49. The first-order valence-corrected chi connectivity index (χ1v) is 15.8. The molecule has 3 aliphatic rings. The van der Waals surface area contributed by atoms with E-state index in [-0.39, 0.29) is 52.8 Å². The van der Waals surface area contributed by atoms with Gasteiger partial charge in [-0.15, -0.1) is 11.3 Å². The zero-order valence-electron chi connectivity index (χ0n) is 26.2. The fourth-order valence-electron chi connectivity index (χ4n) is 5.70. The Morgan fingerprint density at radius 1 is 1.10 bits per heavy atom. The molecule has 1 aliphatic carbocycles. The number of carbonyl (C=O) groups excluding carboxylic acids is 6. The molecule has 1 saturated carbocycles. The number of imide groups is 1. The number of oxime groups is 1. The van der Waals surface area contributed by atoms with Crippen LogP contribution in [0.5, 0.6) is 11.5 Å². The predicted molar refractivity (Wildman–Crippen MR) is 166 cm³/mol. The first kappa shape index (κ1) is 34.9. The van der Waals surface area contributed by atoms with E-state index >= 15 is 0 Å². The van der Waals surface area contributed by atoms with Crippen LogP contribution in [0.1, 0.15) is 72.4 Å². The average Bonchev–Trinajstić information content (AvgIpc) is 3.71. The van der Waals surface area contributed by atoms with Crippen LogP contribution < -0.4 is 11.1 Å². The van der Waals surface area contributed by atoms with Crippen molar-refractivity contribution in [3.63, 3.8) is 0 Å². The molecule has 1 aromatic heterocycles. The van der Waals surface area contributed by atoms with Crippen LogP contribution in [-0.2, 0) is 33.6 Å². The molecule has 49 heavy (non-hydrogen) atoms. The molecule has 5 rings (SSSR count). The molecule has 3 atom stereocenters. The van der Waals surface area contributed by atoms with Crippen LogP contribution in [0.25, 0.3) is 0 Å². The number of fused-ring (bicyclic) bond motifs is 1. The highest BCUT2D eigenvalue weighted by Crippen LogP contribution is 2.42. The number of phenolic OH excluding ortho intramolecular Hbond substituents is 2. The number of rotatable bonds is 12. The average molecular weight is 701 g/mol. The van der Waals surface area contributed by atoms with Gasteiger partial charge in [0, 0.05) is 24.6 Å². The van der Waals surface area contributed by atoms with E-state index in [9.17, 15) is 48.9 Å². The van der Waals surface area contributed by atoms with Gasteiger partial charge in [0.2, 0.25) is 5.60 Å². The van der Waals surface area contributed by atoms with Gasteiger partial charge in [0.05, 0.1) is 17.2 Å². The highest BCUT2D eigenvalue weighted by molar-refractivity contribution is 7.13. The zero-order chi connectivity index (χ0) is 35.8. The summed E-state index contributed by atoms with van der Waals surface area (Å²) >= 11 is 0.973. The van der Waals surface area contributed by atoms with E-state index in [2.05, 4.69) is 15.5 Å². The Hall–Kier alpha value is -5.43. The molecule has 3 heterocycles. The zero-order valence-corrected chi connectivity index (χ0v) is 27.0. The third kappa shape index (κ3) is 6.66. The number of carboxylic acids is 1. The van der Waals surface area contributed by atoms with Crippen LogP contribution in [0.2, 0.25) is 0 Å². The fraction of sp³-hybridized carbons (Fsp3) is 0.433. The largest absolute Gasteiger partial charge is 0.504 e. The van der Waals surface area contributed by atoms with Crippen LogP contribution in [0.4, 0.5) is 5.13 Å². The Bertz CT molecular complexity index is 1720. The summed E-state index contributed by atoms with van der Waals surface area (Å²) in [4.78, 5) is 105. The van der Waals surface area contributed by atoms with E-state index in [0.29, 0.717) is 22.8 Å². The molecule has 19 heteroatoms.